The van der Waals surface area contributed by atoms with E-state index in [1.54, 1.807) is 6.07 Å². The molecule has 0 amide bonds. The number of ether oxygens (including phenoxy) is 3. The summed E-state index contributed by atoms with van der Waals surface area (Å²) in [5.74, 6) is -2.72. The van der Waals surface area contributed by atoms with E-state index >= 15 is 0 Å². The topological polar surface area (TPSA) is 103 Å². The van der Waals surface area contributed by atoms with Crippen molar-refractivity contribution in [3.05, 3.63) is 12.2 Å². The maximum atomic E-state index is 11.8. The molecule has 0 heterocycles. The van der Waals surface area contributed by atoms with Gasteiger partial charge < -0.3 is 14.2 Å². The summed E-state index contributed by atoms with van der Waals surface area (Å²) in [5.41, 5.74) is -2.41. The SMILES string of the molecule is C=C(CC(C#N)(OC(C)=O)C(=O)OCC)C(=O)OC. The summed E-state index contributed by atoms with van der Waals surface area (Å²) in [6.45, 7) is 5.94. The molecule has 0 aliphatic heterocycles. The van der Waals surface area contributed by atoms with Gasteiger partial charge in [-0.05, 0) is 6.92 Å². The molecule has 0 aromatic carbocycles. The molecule has 7 heteroatoms. The van der Waals surface area contributed by atoms with Gasteiger partial charge in [0.25, 0.3) is 5.60 Å². The van der Waals surface area contributed by atoms with Crippen LogP contribution in [0.2, 0.25) is 0 Å². The number of nitriles is 1. The monoisotopic (exact) mass is 269 g/mol. The van der Waals surface area contributed by atoms with Gasteiger partial charge in [0.15, 0.2) is 0 Å². The Labute approximate surface area is 110 Å². The van der Waals surface area contributed by atoms with Crippen LogP contribution >= 0.6 is 0 Å². The number of carbonyl (C=O) groups excluding carboxylic acids is 3. The van der Waals surface area contributed by atoms with Crippen molar-refractivity contribution in [1.82, 2.24) is 0 Å². The van der Waals surface area contributed by atoms with E-state index in [0.717, 1.165) is 14.0 Å². The van der Waals surface area contributed by atoms with Gasteiger partial charge in [-0.25, -0.2) is 9.59 Å². The fraction of sp³-hybridized carbons (Fsp3) is 0.500. The Kier molecular flexibility index (Phi) is 6.27. The van der Waals surface area contributed by atoms with E-state index in [0.29, 0.717) is 0 Å². The maximum absolute atomic E-state index is 11.8. The second kappa shape index (κ2) is 7.16. The van der Waals surface area contributed by atoms with Crippen LogP contribution in [-0.4, -0.2) is 37.2 Å². The van der Waals surface area contributed by atoms with Gasteiger partial charge in [-0.3, -0.25) is 4.79 Å². The van der Waals surface area contributed by atoms with Gasteiger partial charge >= 0.3 is 17.9 Å². The van der Waals surface area contributed by atoms with Crippen molar-refractivity contribution in [3.63, 3.8) is 0 Å². The highest BCUT2D eigenvalue weighted by Gasteiger charge is 2.45. The highest BCUT2D eigenvalue weighted by atomic mass is 16.6. The van der Waals surface area contributed by atoms with E-state index in [2.05, 4.69) is 16.1 Å². The average Bonchev–Trinajstić information content (AvgIpc) is 2.36. The highest BCUT2D eigenvalue weighted by Crippen LogP contribution is 2.23. The largest absolute Gasteiger partial charge is 0.466 e. The summed E-state index contributed by atoms with van der Waals surface area (Å²) in [5, 5.41) is 9.10. The Morgan fingerprint density at radius 3 is 2.32 bits per heavy atom. The predicted molar refractivity (Wildman–Crippen MR) is 62.5 cm³/mol. The first kappa shape index (κ1) is 16.6. The second-order valence-electron chi connectivity index (χ2n) is 3.52. The molecule has 0 spiro atoms. The van der Waals surface area contributed by atoms with Gasteiger partial charge in [0.05, 0.1) is 13.7 Å². The summed E-state index contributed by atoms with van der Waals surface area (Å²) >= 11 is 0. The number of nitrogens with zero attached hydrogens (tertiary/aromatic N) is 1. The zero-order valence-electron chi connectivity index (χ0n) is 11.0. The van der Waals surface area contributed by atoms with Crippen LogP contribution in [0.15, 0.2) is 12.2 Å². The van der Waals surface area contributed by atoms with Crippen LogP contribution in [0, 0.1) is 11.3 Å². The normalized spacial score (nSPS) is 12.5. The van der Waals surface area contributed by atoms with Crippen molar-refractivity contribution < 1.29 is 28.6 Å². The Morgan fingerprint density at radius 2 is 1.95 bits per heavy atom. The van der Waals surface area contributed by atoms with Crippen molar-refractivity contribution in [2.75, 3.05) is 13.7 Å². The van der Waals surface area contributed by atoms with Crippen LogP contribution in [0.1, 0.15) is 20.3 Å². The van der Waals surface area contributed by atoms with Crippen LogP contribution in [0.25, 0.3) is 0 Å². The first-order valence-electron chi connectivity index (χ1n) is 5.37. The van der Waals surface area contributed by atoms with Crippen molar-refractivity contribution in [2.45, 2.75) is 25.9 Å². The Balaban J connectivity index is 5.31. The van der Waals surface area contributed by atoms with Crippen LogP contribution in [-0.2, 0) is 28.6 Å². The van der Waals surface area contributed by atoms with Gasteiger partial charge in [0.2, 0.25) is 0 Å². The molecule has 0 aliphatic rings. The molecule has 0 saturated heterocycles. The molecular formula is C12H15NO6. The molecular weight excluding hydrogens is 254 g/mol. The smallest absolute Gasteiger partial charge is 0.366 e. The molecule has 104 valence electrons. The third kappa shape index (κ3) is 4.43. The predicted octanol–water partition coefficient (Wildman–Crippen LogP) is 0.494. The zero-order chi connectivity index (χ0) is 15.1. The summed E-state index contributed by atoms with van der Waals surface area (Å²) in [6, 6.07) is 1.56. The molecule has 0 aromatic rings. The summed E-state index contributed by atoms with van der Waals surface area (Å²) < 4.78 is 13.8. The highest BCUT2D eigenvalue weighted by molar-refractivity contribution is 5.92. The molecule has 0 fully saturated rings. The fourth-order valence-electron chi connectivity index (χ4n) is 1.27. The molecule has 0 aromatic heterocycles. The fourth-order valence-corrected chi connectivity index (χ4v) is 1.27. The van der Waals surface area contributed by atoms with Crippen molar-refractivity contribution in [3.8, 4) is 6.07 Å². The van der Waals surface area contributed by atoms with Crippen LogP contribution in [0.4, 0.5) is 0 Å². The van der Waals surface area contributed by atoms with Gasteiger partial charge in [-0.15, -0.1) is 0 Å². The number of carbonyl (C=O) groups is 3. The van der Waals surface area contributed by atoms with Crippen molar-refractivity contribution in [1.29, 1.82) is 5.26 Å². The van der Waals surface area contributed by atoms with Gasteiger partial charge in [0, 0.05) is 18.9 Å². The lowest BCUT2D eigenvalue weighted by Crippen LogP contribution is -2.44. The quantitative estimate of drug-likeness (QED) is 0.393. The van der Waals surface area contributed by atoms with Crippen molar-refractivity contribution in [2.24, 2.45) is 0 Å². The first-order chi connectivity index (χ1) is 8.82. The molecule has 0 N–H and O–H groups in total. The molecule has 19 heavy (non-hydrogen) atoms. The Morgan fingerprint density at radius 1 is 1.37 bits per heavy atom. The lowest BCUT2D eigenvalue weighted by molar-refractivity contribution is -0.174. The zero-order valence-corrected chi connectivity index (χ0v) is 11.0. The van der Waals surface area contributed by atoms with Gasteiger partial charge in [0.1, 0.15) is 6.07 Å². The minimum Gasteiger partial charge on any atom is -0.466 e. The lowest BCUT2D eigenvalue weighted by atomic mass is 9.96. The molecule has 0 aliphatic carbocycles. The standard InChI is InChI=1S/C12H15NO6/c1-5-18-11(16)12(7-13,19-9(3)14)6-8(2)10(15)17-4/h2,5-6H2,1,3-4H3. The number of hydrogen-bond acceptors (Lipinski definition) is 7. The lowest BCUT2D eigenvalue weighted by Gasteiger charge is -2.23. The number of esters is 3. The number of methoxy groups -OCH3 is 1. The van der Waals surface area contributed by atoms with E-state index in [1.165, 1.54) is 6.92 Å². The van der Waals surface area contributed by atoms with Crippen LogP contribution in [0.5, 0.6) is 0 Å². The molecule has 1 atom stereocenters. The van der Waals surface area contributed by atoms with Crippen LogP contribution < -0.4 is 0 Å². The third-order valence-corrected chi connectivity index (χ3v) is 2.04. The maximum Gasteiger partial charge on any atom is 0.366 e. The van der Waals surface area contributed by atoms with E-state index in [-0.39, 0.29) is 12.2 Å². The summed E-state index contributed by atoms with van der Waals surface area (Å²) in [7, 11) is 1.12. The minimum atomic E-state index is -2.23. The van der Waals surface area contributed by atoms with E-state index < -0.39 is 29.9 Å². The molecule has 0 radical (unpaired) electrons. The van der Waals surface area contributed by atoms with Gasteiger partial charge in [-0.1, -0.05) is 6.58 Å². The third-order valence-electron chi connectivity index (χ3n) is 2.04. The number of hydrogen-bond donors (Lipinski definition) is 0. The minimum absolute atomic E-state index is 0.00573. The number of rotatable bonds is 6. The molecule has 0 rings (SSSR count). The first-order valence-corrected chi connectivity index (χ1v) is 5.37. The molecule has 0 saturated carbocycles. The van der Waals surface area contributed by atoms with Crippen molar-refractivity contribution >= 4 is 17.9 Å². The average molecular weight is 269 g/mol. The van der Waals surface area contributed by atoms with E-state index in [4.69, 9.17) is 10.00 Å². The van der Waals surface area contributed by atoms with E-state index in [9.17, 15) is 14.4 Å². The molecule has 0 bridgehead atoms. The van der Waals surface area contributed by atoms with E-state index in [1.807, 2.05) is 0 Å². The second-order valence-corrected chi connectivity index (χ2v) is 3.52. The Hall–Kier alpha value is -2.36. The molecule has 7 nitrogen and oxygen atoms in total. The van der Waals surface area contributed by atoms with Crippen LogP contribution in [0.3, 0.4) is 0 Å². The van der Waals surface area contributed by atoms with Gasteiger partial charge in [-0.2, -0.15) is 5.26 Å². The molecule has 1 unspecified atom stereocenters. The summed E-state index contributed by atoms with van der Waals surface area (Å²) in [6.07, 6.45) is -0.519. The summed E-state index contributed by atoms with van der Waals surface area (Å²) in [4.78, 5) is 34.0. The Bertz CT molecular complexity index is 436.